The van der Waals surface area contributed by atoms with Gasteiger partial charge in [-0.2, -0.15) is 0 Å². The van der Waals surface area contributed by atoms with Crippen molar-refractivity contribution in [3.63, 3.8) is 0 Å². The van der Waals surface area contributed by atoms with Crippen molar-refractivity contribution in [2.75, 3.05) is 30.7 Å². The quantitative estimate of drug-likeness (QED) is 0.704. The van der Waals surface area contributed by atoms with E-state index in [2.05, 4.69) is 17.2 Å². The number of benzene rings is 1. The Morgan fingerprint density at radius 2 is 2.08 bits per heavy atom. The molecule has 1 aliphatic rings. The van der Waals surface area contributed by atoms with Gasteiger partial charge in [-0.1, -0.05) is 18.2 Å². The van der Waals surface area contributed by atoms with Crippen LogP contribution in [0.4, 0.5) is 5.69 Å². The number of carbonyl (C=O) groups excluding carboxylic acids is 2. The highest BCUT2D eigenvalue weighted by molar-refractivity contribution is 7.89. The fraction of sp³-hybridized carbons (Fsp3) is 0.444. The van der Waals surface area contributed by atoms with Crippen molar-refractivity contribution in [2.24, 2.45) is 5.92 Å². The minimum Gasteiger partial charge on any atom is -0.349 e. The zero-order valence-corrected chi connectivity index (χ0v) is 15.7. The minimum absolute atomic E-state index is 0.0215. The van der Waals surface area contributed by atoms with Crippen LogP contribution in [0.5, 0.6) is 0 Å². The number of rotatable bonds is 7. The molecule has 1 heterocycles. The van der Waals surface area contributed by atoms with Gasteiger partial charge in [-0.05, 0) is 31.9 Å². The summed E-state index contributed by atoms with van der Waals surface area (Å²) in [5.41, 5.74) is 0.770. The van der Waals surface area contributed by atoms with Gasteiger partial charge < -0.3 is 10.6 Å². The monoisotopic (exact) mass is 379 g/mol. The molecular formula is C18H25N3O4S. The number of para-hydroxylation sites is 1. The summed E-state index contributed by atoms with van der Waals surface area (Å²) >= 11 is 0. The molecule has 0 unspecified atom stereocenters. The van der Waals surface area contributed by atoms with E-state index >= 15 is 0 Å². The maximum absolute atomic E-state index is 12.6. The third kappa shape index (κ3) is 4.92. The number of nitrogens with zero attached hydrogens (tertiary/aromatic N) is 1. The summed E-state index contributed by atoms with van der Waals surface area (Å²) in [6.07, 6.45) is 2.83. The lowest BCUT2D eigenvalue weighted by atomic mass is 9.98. The first-order valence-corrected chi connectivity index (χ1v) is 10.3. The summed E-state index contributed by atoms with van der Waals surface area (Å²) in [5.74, 6) is -0.993. The predicted molar refractivity (Wildman–Crippen MR) is 101 cm³/mol. The van der Waals surface area contributed by atoms with Gasteiger partial charge in [0.25, 0.3) is 5.91 Å². The van der Waals surface area contributed by atoms with Crippen molar-refractivity contribution >= 4 is 27.5 Å². The Balaban J connectivity index is 2.10. The summed E-state index contributed by atoms with van der Waals surface area (Å²) in [5, 5.41) is 5.46. The molecule has 1 saturated heterocycles. The van der Waals surface area contributed by atoms with Crippen molar-refractivity contribution < 1.29 is 18.0 Å². The number of anilines is 1. The van der Waals surface area contributed by atoms with Crippen LogP contribution in [0.3, 0.4) is 0 Å². The topological polar surface area (TPSA) is 95.6 Å². The molecule has 8 heteroatoms. The van der Waals surface area contributed by atoms with Crippen LogP contribution in [0.2, 0.25) is 0 Å². The maximum Gasteiger partial charge on any atom is 0.253 e. The molecule has 0 radical (unpaired) electrons. The molecule has 2 amide bonds. The molecule has 1 aromatic rings. The molecule has 1 aliphatic heterocycles. The Bertz CT molecular complexity index is 776. The fourth-order valence-corrected chi connectivity index (χ4v) is 4.06. The molecule has 26 heavy (non-hydrogen) atoms. The van der Waals surface area contributed by atoms with E-state index in [4.69, 9.17) is 0 Å². The normalized spacial score (nSPS) is 18.1. The molecule has 0 spiro atoms. The zero-order valence-electron chi connectivity index (χ0n) is 14.9. The molecule has 142 valence electrons. The van der Waals surface area contributed by atoms with Crippen LogP contribution in [0.1, 0.15) is 30.1 Å². The van der Waals surface area contributed by atoms with E-state index in [9.17, 15) is 18.0 Å². The highest BCUT2D eigenvalue weighted by atomic mass is 32.2. The molecule has 2 rings (SSSR count). The average Bonchev–Trinajstić information content (AvgIpc) is 2.66. The van der Waals surface area contributed by atoms with E-state index < -0.39 is 15.9 Å². The van der Waals surface area contributed by atoms with Crippen LogP contribution < -0.4 is 10.6 Å². The van der Waals surface area contributed by atoms with E-state index in [0.29, 0.717) is 37.2 Å². The Morgan fingerprint density at radius 3 is 2.77 bits per heavy atom. The fourth-order valence-electron chi connectivity index (χ4n) is 2.88. The molecule has 0 bridgehead atoms. The maximum atomic E-state index is 12.6. The van der Waals surface area contributed by atoms with Crippen LogP contribution in [-0.4, -0.2) is 49.9 Å². The van der Waals surface area contributed by atoms with Gasteiger partial charge in [-0.15, -0.1) is 6.58 Å². The Morgan fingerprint density at radius 1 is 1.35 bits per heavy atom. The van der Waals surface area contributed by atoms with Gasteiger partial charge in [0.1, 0.15) is 0 Å². The van der Waals surface area contributed by atoms with Crippen molar-refractivity contribution in [1.82, 2.24) is 9.62 Å². The van der Waals surface area contributed by atoms with Crippen molar-refractivity contribution in [1.29, 1.82) is 0 Å². The van der Waals surface area contributed by atoms with Crippen molar-refractivity contribution in [2.45, 2.75) is 19.8 Å². The SMILES string of the molecule is C=CCNC(=O)c1ccccc1NC(=O)[C@@H]1CCCN(S(=O)(=O)CC)C1. The van der Waals surface area contributed by atoms with E-state index in [-0.39, 0.29) is 24.1 Å². The predicted octanol–water partition coefficient (Wildman–Crippen LogP) is 1.60. The molecule has 0 aliphatic carbocycles. The molecule has 1 fully saturated rings. The van der Waals surface area contributed by atoms with Gasteiger partial charge in [-0.25, -0.2) is 12.7 Å². The number of carbonyl (C=O) groups is 2. The molecule has 2 N–H and O–H groups in total. The Kier molecular flexibility index (Phi) is 6.93. The van der Waals surface area contributed by atoms with Gasteiger partial charge >= 0.3 is 0 Å². The van der Waals surface area contributed by atoms with E-state index in [1.165, 1.54) is 4.31 Å². The Labute approximate surface area is 154 Å². The van der Waals surface area contributed by atoms with Crippen LogP contribution in [0, 0.1) is 5.92 Å². The molecule has 7 nitrogen and oxygen atoms in total. The van der Waals surface area contributed by atoms with Crippen LogP contribution >= 0.6 is 0 Å². The first-order valence-electron chi connectivity index (χ1n) is 8.65. The lowest BCUT2D eigenvalue weighted by Gasteiger charge is -2.31. The average molecular weight is 379 g/mol. The summed E-state index contributed by atoms with van der Waals surface area (Å²) < 4.78 is 25.5. The summed E-state index contributed by atoms with van der Waals surface area (Å²) in [4.78, 5) is 24.8. The second kappa shape index (κ2) is 8.95. The summed E-state index contributed by atoms with van der Waals surface area (Å²) in [7, 11) is -3.31. The third-order valence-corrected chi connectivity index (χ3v) is 6.20. The van der Waals surface area contributed by atoms with Gasteiger partial charge in [0.05, 0.1) is 22.9 Å². The lowest BCUT2D eigenvalue weighted by Crippen LogP contribution is -2.44. The number of hydrogen-bond donors (Lipinski definition) is 2. The van der Waals surface area contributed by atoms with Crippen molar-refractivity contribution in [3.8, 4) is 0 Å². The van der Waals surface area contributed by atoms with Crippen molar-refractivity contribution in [3.05, 3.63) is 42.5 Å². The highest BCUT2D eigenvalue weighted by Crippen LogP contribution is 2.22. The summed E-state index contributed by atoms with van der Waals surface area (Å²) in [6.45, 7) is 6.09. The molecule has 1 atom stereocenters. The highest BCUT2D eigenvalue weighted by Gasteiger charge is 2.31. The smallest absolute Gasteiger partial charge is 0.253 e. The summed E-state index contributed by atoms with van der Waals surface area (Å²) in [6, 6.07) is 6.73. The number of piperidine rings is 1. The molecule has 1 aromatic carbocycles. The van der Waals surface area contributed by atoms with E-state index in [1.54, 1.807) is 37.3 Å². The second-order valence-corrected chi connectivity index (χ2v) is 8.39. The number of nitrogens with one attached hydrogen (secondary N) is 2. The lowest BCUT2D eigenvalue weighted by molar-refractivity contribution is -0.120. The molecule has 0 saturated carbocycles. The number of hydrogen-bond acceptors (Lipinski definition) is 4. The molecule has 0 aromatic heterocycles. The van der Waals surface area contributed by atoms with Gasteiger partial charge in [0.2, 0.25) is 15.9 Å². The van der Waals surface area contributed by atoms with Gasteiger partial charge in [-0.3, -0.25) is 9.59 Å². The van der Waals surface area contributed by atoms with E-state index in [1.807, 2.05) is 0 Å². The third-order valence-electron chi connectivity index (χ3n) is 4.35. The van der Waals surface area contributed by atoms with Gasteiger partial charge in [0, 0.05) is 19.6 Å². The minimum atomic E-state index is -3.31. The Hall–Kier alpha value is -2.19. The second-order valence-electron chi connectivity index (χ2n) is 6.13. The first kappa shape index (κ1) is 20.1. The molecular weight excluding hydrogens is 354 g/mol. The number of amides is 2. The van der Waals surface area contributed by atoms with Gasteiger partial charge in [0.15, 0.2) is 0 Å². The first-order chi connectivity index (χ1) is 12.4. The van der Waals surface area contributed by atoms with Crippen LogP contribution in [0.15, 0.2) is 36.9 Å². The standard InChI is InChI=1S/C18H25N3O4S/c1-3-11-19-18(23)15-9-5-6-10-16(15)20-17(22)14-8-7-12-21(13-14)26(24,25)4-2/h3,5-6,9-10,14H,1,4,7-8,11-13H2,2H3,(H,19,23)(H,20,22)/t14-/m1/s1. The van der Waals surface area contributed by atoms with E-state index in [0.717, 1.165) is 0 Å². The largest absolute Gasteiger partial charge is 0.349 e. The van der Waals surface area contributed by atoms with Crippen LogP contribution in [-0.2, 0) is 14.8 Å². The number of sulfonamides is 1. The van der Waals surface area contributed by atoms with Crippen LogP contribution in [0.25, 0.3) is 0 Å². The zero-order chi connectivity index (χ0) is 19.2.